The summed E-state index contributed by atoms with van der Waals surface area (Å²) >= 11 is 1.18. The third-order valence-electron chi connectivity index (χ3n) is 5.54. The number of carbonyl (C=O) groups excluding carboxylic acids is 1. The number of imidazole rings is 1. The fraction of sp³-hybridized carbons (Fsp3) is 0.308. The summed E-state index contributed by atoms with van der Waals surface area (Å²) in [6.07, 6.45) is 0.178. The average molecular weight is 499 g/mol. The van der Waals surface area contributed by atoms with Crippen molar-refractivity contribution in [2.24, 2.45) is 5.73 Å². The topological polar surface area (TPSA) is 81.7 Å². The molecule has 6 nitrogen and oxygen atoms in total. The van der Waals surface area contributed by atoms with Gasteiger partial charge in [-0.15, -0.1) is 11.3 Å². The van der Waals surface area contributed by atoms with Crippen LogP contribution in [0.3, 0.4) is 0 Å². The maximum absolute atomic E-state index is 14.0. The number of aromatic nitrogens is 2. The number of amides is 1. The van der Waals surface area contributed by atoms with E-state index in [1.165, 1.54) is 17.4 Å². The fourth-order valence-electron chi connectivity index (χ4n) is 3.79. The van der Waals surface area contributed by atoms with E-state index in [0.29, 0.717) is 12.1 Å². The lowest BCUT2D eigenvalue weighted by atomic mass is 9.99. The zero-order valence-electron chi connectivity index (χ0n) is 20.0. The summed E-state index contributed by atoms with van der Waals surface area (Å²) in [6.45, 7) is 8.21. The molecule has 1 amide bonds. The summed E-state index contributed by atoms with van der Waals surface area (Å²) in [4.78, 5) is 17.5. The van der Waals surface area contributed by atoms with Gasteiger partial charge in [0.25, 0.3) is 12.3 Å². The van der Waals surface area contributed by atoms with Crippen LogP contribution in [-0.2, 0) is 6.54 Å². The highest BCUT2D eigenvalue weighted by molar-refractivity contribution is 7.17. The third-order valence-corrected chi connectivity index (χ3v) is 6.70. The van der Waals surface area contributed by atoms with Gasteiger partial charge >= 0.3 is 0 Å². The van der Waals surface area contributed by atoms with E-state index in [-0.39, 0.29) is 21.7 Å². The largest absolute Gasteiger partial charge is 0.484 e. The number of nitrogens with two attached hydrogens (primary N) is 1. The van der Waals surface area contributed by atoms with E-state index in [4.69, 9.17) is 10.5 Å². The first-order chi connectivity index (χ1) is 16.5. The molecule has 3 heterocycles. The first kappa shape index (κ1) is 24.8. The van der Waals surface area contributed by atoms with Crippen LogP contribution in [0.5, 0.6) is 5.75 Å². The first-order valence-electron chi connectivity index (χ1n) is 11.2. The lowest BCUT2D eigenvalue weighted by Crippen LogP contribution is -2.35. The highest BCUT2D eigenvalue weighted by Gasteiger charge is 2.24. The van der Waals surface area contributed by atoms with Crippen molar-refractivity contribution in [2.75, 3.05) is 0 Å². The van der Waals surface area contributed by atoms with Gasteiger partial charge in [-0.25, -0.2) is 13.8 Å². The number of fused-ring (bicyclic) bond motifs is 1. The number of rotatable bonds is 8. The maximum Gasteiger partial charge on any atom is 0.264 e. The molecule has 35 heavy (non-hydrogen) atoms. The number of halogens is 2. The van der Waals surface area contributed by atoms with Crippen molar-refractivity contribution in [1.82, 2.24) is 14.7 Å². The van der Waals surface area contributed by atoms with E-state index in [2.05, 4.69) is 10.3 Å². The van der Waals surface area contributed by atoms with Gasteiger partial charge in [0.05, 0.1) is 16.8 Å². The molecule has 0 unspecified atom stereocenters. The Morgan fingerprint density at radius 1 is 1.20 bits per heavy atom. The molecule has 0 aliphatic carbocycles. The fourth-order valence-corrected chi connectivity index (χ4v) is 4.74. The van der Waals surface area contributed by atoms with Gasteiger partial charge in [0.2, 0.25) is 0 Å². The Hall–Kier alpha value is -3.30. The highest BCUT2D eigenvalue weighted by Crippen LogP contribution is 2.39. The molecule has 4 aromatic rings. The van der Waals surface area contributed by atoms with Crippen LogP contribution in [0.15, 0.2) is 54.9 Å². The number of primary amides is 1. The molecule has 4 rings (SSSR count). The van der Waals surface area contributed by atoms with E-state index < -0.39 is 18.4 Å². The molecule has 0 saturated heterocycles. The summed E-state index contributed by atoms with van der Waals surface area (Å²) in [5, 5.41) is 3.31. The van der Waals surface area contributed by atoms with E-state index >= 15 is 0 Å². The molecule has 0 fully saturated rings. The van der Waals surface area contributed by atoms with Gasteiger partial charge in [-0.05, 0) is 51.5 Å². The molecule has 184 valence electrons. The lowest BCUT2D eigenvalue weighted by Gasteiger charge is -2.22. The van der Waals surface area contributed by atoms with Gasteiger partial charge in [0.15, 0.2) is 0 Å². The highest BCUT2D eigenvalue weighted by atomic mass is 32.1. The van der Waals surface area contributed by atoms with Crippen molar-refractivity contribution in [3.63, 3.8) is 0 Å². The molecular formula is C26H28F2N4O2S. The molecule has 0 aliphatic heterocycles. The molecule has 0 spiro atoms. The van der Waals surface area contributed by atoms with E-state index in [1.54, 1.807) is 25.3 Å². The van der Waals surface area contributed by atoms with Gasteiger partial charge in [-0.3, -0.25) is 9.20 Å². The summed E-state index contributed by atoms with van der Waals surface area (Å²) < 4.78 is 35.9. The summed E-state index contributed by atoms with van der Waals surface area (Å²) in [5.41, 5.74) is 8.04. The number of pyridine rings is 1. The predicted molar refractivity (Wildman–Crippen MR) is 134 cm³/mol. The summed E-state index contributed by atoms with van der Waals surface area (Å²) in [6, 6.07) is 12.3. The number of thiophene rings is 1. The van der Waals surface area contributed by atoms with Crippen molar-refractivity contribution in [3.05, 3.63) is 76.4 Å². The SMILES string of the molecule is C[C@@H](Oc1cc(-c2cnc3ccccn23)sc1C(N)=O)c1ccc(CNC(C)(C)C)cc1C(F)F. The van der Waals surface area contributed by atoms with Crippen LogP contribution in [0.1, 0.15) is 66.6 Å². The van der Waals surface area contributed by atoms with Gasteiger partial charge in [-0.2, -0.15) is 0 Å². The van der Waals surface area contributed by atoms with Gasteiger partial charge in [-0.1, -0.05) is 18.2 Å². The summed E-state index contributed by atoms with van der Waals surface area (Å²) in [7, 11) is 0. The number of carbonyl (C=O) groups is 1. The number of nitrogens with zero attached hydrogens (tertiary/aromatic N) is 2. The number of ether oxygens (including phenoxy) is 1. The van der Waals surface area contributed by atoms with Crippen molar-refractivity contribution in [2.45, 2.75) is 52.3 Å². The minimum absolute atomic E-state index is 0.0939. The van der Waals surface area contributed by atoms with Crippen LogP contribution < -0.4 is 15.8 Å². The minimum Gasteiger partial charge on any atom is -0.484 e. The van der Waals surface area contributed by atoms with Crippen LogP contribution in [0, 0.1) is 0 Å². The second kappa shape index (κ2) is 9.75. The number of alkyl halides is 2. The van der Waals surface area contributed by atoms with Crippen LogP contribution in [0.4, 0.5) is 8.78 Å². The molecule has 3 N–H and O–H groups in total. The molecule has 0 aliphatic rings. The molecule has 9 heteroatoms. The van der Waals surface area contributed by atoms with Crippen molar-refractivity contribution in [1.29, 1.82) is 0 Å². The Kier molecular flexibility index (Phi) is 6.91. The number of hydrogen-bond acceptors (Lipinski definition) is 5. The standard InChI is InChI=1S/C26H28F2N4O2S/c1-15(17-9-8-16(11-18(17)24(27)28)13-31-26(2,3)4)34-20-12-21(35-23(20)25(29)33)19-14-30-22-7-5-6-10-32(19)22/h5-12,14-15,24,31H,13H2,1-4H3,(H2,29,33)/t15-/m1/s1. The van der Waals surface area contributed by atoms with Crippen LogP contribution >= 0.6 is 11.3 Å². The average Bonchev–Trinajstić information content (AvgIpc) is 3.41. The van der Waals surface area contributed by atoms with Crippen molar-refractivity contribution >= 4 is 22.9 Å². The van der Waals surface area contributed by atoms with E-state index in [1.807, 2.05) is 55.6 Å². The minimum atomic E-state index is -2.67. The molecule has 0 radical (unpaired) electrons. The number of nitrogens with one attached hydrogen (secondary N) is 1. The Bertz CT molecular complexity index is 1360. The molecule has 1 atom stereocenters. The Balaban J connectivity index is 1.64. The number of hydrogen-bond donors (Lipinski definition) is 2. The van der Waals surface area contributed by atoms with Gasteiger partial charge in [0.1, 0.15) is 22.4 Å². The maximum atomic E-state index is 14.0. The Labute approximate surface area is 206 Å². The molecular weight excluding hydrogens is 470 g/mol. The normalized spacial score (nSPS) is 12.9. The van der Waals surface area contributed by atoms with E-state index in [9.17, 15) is 13.6 Å². The second-order valence-electron chi connectivity index (χ2n) is 9.37. The zero-order valence-corrected chi connectivity index (χ0v) is 20.8. The van der Waals surface area contributed by atoms with Crippen LogP contribution in [0.2, 0.25) is 0 Å². The number of benzene rings is 1. The van der Waals surface area contributed by atoms with Crippen LogP contribution in [-0.4, -0.2) is 20.8 Å². The molecule has 3 aromatic heterocycles. The second-order valence-corrected chi connectivity index (χ2v) is 10.4. The van der Waals surface area contributed by atoms with Crippen molar-refractivity contribution < 1.29 is 18.3 Å². The van der Waals surface area contributed by atoms with E-state index in [0.717, 1.165) is 21.8 Å². The molecule has 0 saturated carbocycles. The monoisotopic (exact) mass is 498 g/mol. The predicted octanol–water partition coefficient (Wildman–Crippen LogP) is 6.13. The first-order valence-corrected chi connectivity index (χ1v) is 12.0. The van der Waals surface area contributed by atoms with Crippen LogP contribution in [0.25, 0.3) is 16.2 Å². The quantitative estimate of drug-likeness (QED) is 0.306. The zero-order chi connectivity index (χ0) is 25.3. The summed E-state index contributed by atoms with van der Waals surface area (Å²) in [5.74, 6) is -0.385. The van der Waals surface area contributed by atoms with Gasteiger partial charge < -0.3 is 15.8 Å². The molecule has 0 bridgehead atoms. The Morgan fingerprint density at radius 2 is 1.97 bits per heavy atom. The lowest BCUT2D eigenvalue weighted by molar-refractivity contribution is 0.0997. The Morgan fingerprint density at radius 3 is 2.66 bits per heavy atom. The smallest absolute Gasteiger partial charge is 0.264 e. The molecule has 1 aromatic carbocycles. The van der Waals surface area contributed by atoms with Gasteiger partial charge in [0, 0.05) is 35.5 Å². The van der Waals surface area contributed by atoms with Crippen molar-refractivity contribution in [3.8, 4) is 16.3 Å². The third kappa shape index (κ3) is 5.52.